The second-order valence-electron chi connectivity index (χ2n) is 4.87. The number of H-pyrrole nitrogens is 1. The van der Waals surface area contributed by atoms with Crippen molar-refractivity contribution >= 4 is 11.6 Å². The molecule has 6 heteroatoms. The number of hydrogen-bond donors (Lipinski definition) is 2. The van der Waals surface area contributed by atoms with E-state index in [9.17, 15) is 9.59 Å². The lowest BCUT2D eigenvalue weighted by Crippen LogP contribution is -2.17. The summed E-state index contributed by atoms with van der Waals surface area (Å²) >= 11 is 0. The summed E-state index contributed by atoms with van der Waals surface area (Å²) in [5.41, 5.74) is 1.45. The number of amides is 1. The highest BCUT2D eigenvalue weighted by atomic mass is 16.5. The zero-order valence-corrected chi connectivity index (χ0v) is 12.1. The van der Waals surface area contributed by atoms with Crippen LogP contribution in [0.4, 0.5) is 5.69 Å². The van der Waals surface area contributed by atoms with Crippen LogP contribution in [0.3, 0.4) is 0 Å². The third-order valence-electron chi connectivity index (χ3n) is 3.05. The topological polar surface area (TPSA) is 84.1 Å². The fourth-order valence-electron chi connectivity index (χ4n) is 1.83. The van der Waals surface area contributed by atoms with Crippen molar-refractivity contribution in [1.82, 2.24) is 10.2 Å². The average Bonchev–Trinajstić information content (AvgIpc) is 2.48. The summed E-state index contributed by atoms with van der Waals surface area (Å²) in [6.07, 6.45) is 0. The molecule has 0 saturated carbocycles. The van der Waals surface area contributed by atoms with Crippen LogP contribution in [0.25, 0.3) is 0 Å². The summed E-state index contributed by atoms with van der Waals surface area (Å²) in [6, 6.07) is 8.23. The molecule has 0 atom stereocenters. The first kappa shape index (κ1) is 14.8. The van der Waals surface area contributed by atoms with Gasteiger partial charge in [-0.15, -0.1) is 0 Å². The van der Waals surface area contributed by atoms with Gasteiger partial charge in [0.25, 0.3) is 11.5 Å². The number of aromatic nitrogens is 2. The first-order valence-corrected chi connectivity index (χ1v) is 6.56. The van der Waals surface area contributed by atoms with Crippen molar-refractivity contribution in [3.63, 3.8) is 0 Å². The molecule has 2 aromatic rings. The largest absolute Gasteiger partial charge is 0.495 e. The van der Waals surface area contributed by atoms with Gasteiger partial charge in [-0.2, -0.15) is 5.10 Å². The first-order chi connectivity index (χ1) is 10.0. The van der Waals surface area contributed by atoms with E-state index in [0.717, 1.165) is 5.56 Å². The van der Waals surface area contributed by atoms with Crippen LogP contribution in [-0.4, -0.2) is 23.2 Å². The minimum atomic E-state index is -0.415. The maximum absolute atomic E-state index is 12.1. The van der Waals surface area contributed by atoms with Crippen molar-refractivity contribution in [2.24, 2.45) is 0 Å². The van der Waals surface area contributed by atoms with E-state index in [1.165, 1.54) is 12.1 Å². The molecule has 1 aromatic carbocycles. The highest BCUT2D eigenvalue weighted by Crippen LogP contribution is 2.28. The number of hydrogen-bond acceptors (Lipinski definition) is 4. The molecule has 0 aliphatic carbocycles. The van der Waals surface area contributed by atoms with Gasteiger partial charge in [0.05, 0.1) is 12.8 Å². The number of carbonyl (C=O) groups excluding carboxylic acids is 1. The minimum Gasteiger partial charge on any atom is -0.495 e. The van der Waals surface area contributed by atoms with Crippen molar-refractivity contribution in [3.8, 4) is 5.75 Å². The van der Waals surface area contributed by atoms with E-state index in [-0.39, 0.29) is 11.3 Å². The highest BCUT2D eigenvalue weighted by molar-refractivity contribution is 6.03. The van der Waals surface area contributed by atoms with Gasteiger partial charge in [0, 0.05) is 6.07 Å². The molecule has 2 rings (SSSR count). The Morgan fingerprint density at radius 2 is 2.05 bits per heavy atom. The summed E-state index contributed by atoms with van der Waals surface area (Å²) in [5.74, 6) is 0.533. The van der Waals surface area contributed by atoms with Crippen LogP contribution in [0.5, 0.6) is 5.75 Å². The highest BCUT2D eigenvalue weighted by Gasteiger charge is 2.12. The third kappa shape index (κ3) is 3.47. The molecule has 21 heavy (non-hydrogen) atoms. The molecule has 1 heterocycles. The van der Waals surface area contributed by atoms with Gasteiger partial charge in [0.1, 0.15) is 11.4 Å². The van der Waals surface area contributed by atoms with Crippen molar-refractivity contribution in [2.45, 2.75) is 19.8 Å². The van der Waals surface area contributed by atoms with Gasteiger partial charge in [0.2, 0.25) is 0 Å². The summed E-state index contributed by atoms with van der Waals surface area (Å²) in [5, 5.41) is 8.62. The number of anilines is 1. The predicted octanol–water partition coefficient (Wildman–Crippen LogP) is 2.15. The molecule has 0 saturated heterocycles. The van der Waals surface area contributed by atoms with E-state index < -0.39 is 5.91 Å². The van der Waals surface area contributed by atoms with Crippen molar-refractivity contribution in [2.75, 3.05) is 12.4 Å². The SMILES string of the molecule is COc1cc(C(C)C)ccc1NC(=O)c1ccc(=O)[nH]n1. The van der Waals surface area contributed by atoms with E-state index in [1.54, 1.807) is 13.2 Å². The monoisotopic (exact) mass is 287 g/mol. The number of nitrogens with zero attached hydrogens (tertiary/aromatic N) is 1. The van der Waals surface area contributed by atoms with Crippen LogP contribution in [0.2, 0.25) is 0 Å². The van der Waals surface area contributed by atoms with Crippen molar-refractivity contribution in [1.29, 1.82) is 0 Å². The second kappa shape index (κ2) is 6.21. The molecular weight excluding hydrogens is 270 g/mol. The van der Waals surface area contributed by atoms with Crippen LogP contribution in [0.15, 0.2) is 35.1 Å². The Labute approximate surface area is 122 Å². The van der Waals surface area contributed by atoms with Gasteiger partial charge < -0.3 is 10.1 Å². The number of aromatic amines is 1. The zero-order chi connectivity index (χ0) is 15.4. The maximum Gasteiger partial charge on any atom is 0.276 e. The molecule has 110 valence electrons. The molecule has 0 aliphatic rings. The van der Waals surface area contributed by atoms with Crippen LogP contribution >= 0.6 is 0 Å². The molecule has 0 fully saturated rings. The molecule has 0 bridgehead atoms. The molecule has 1 amide bonds. The minimum absolute atomic E-state index is 0.129. The maximum atomic E-state index is 12.1. The molecule has 6 nitrogen and oxygen atoms in total. The van der Waals surface area contributed by atoms with Gasteiger partial charge in [-0.25, -0.2) is 5.10 Å². The lowest BCUT2D eigenvalue weighted by molar-refractivity contribution is 0.102. The fraction of sp³-hybridized carbons (Fsp3) is 0.267. The fourth-order valence-corrected chi connectivity index (χ4v) is 1.83. The summed E-state index contributed by atoms with van der Waals surface area (Å²) in [7, 11) is 1.55. The quantitative estimate of drug-likeness (QED) is 0.902. The Bertz CT molecular complexity index is 687. The molecule has 0 aliphatic heterocycles. The Morgan fingerprint density at radius 1 is 1.29 bits per heavy atom. The van der Waals surface area contributed by atoms with Gasteiger partial charge >= 0.3 is 0 Å². The third-order valence-corrected chi connectivity index (χ3v) is 3.05. The summed E-state index contributed by atoms with van der Waals surface area (Å²) in [4.78, 5) is 23.0. The second-order valence-corrected chi connectivity index (χ2v) is 4.87. The van der Waals surface area contributed by atoms with Crippen LogP contribution in [0, 0.1) is 0 Å². The number of benzene rings is 1. The Morgan fingerprint density at radius 3 is 2.62 bits per heavy atom. The zero-order valence-electron chi connectivity index (χ0n) is 12.1. The van der Waals surface area contributed by atoms with E-state index in [1.807, 2.05) is 12.1 Å². The van der Waals surface area contributed by atoms with Crippen LogP contribution in [-0.2, 0) is 0 Å². The van der Waals surface area contributed by atoms with Crippen LogP contribution < -0.4 is 15.6 Å². The average molecular weight is 287 g/mol. The van der Waals surface area contributed by atoms with E-state index >= 15 is 0 Å². The lowest BCUT2D eigenvalue weighted by atomic mass is 10.0. The lowest BCUT2D eigenvalue weighted by Gasteiger charge is -2.13. The summed E-state index contributed by atoms with van der Waals surface area (Å²) in [6.45, 7) is 4.16. The predicted molar refractivity (Wildman–Crippen MR) is 79.9 cm³/mol. The van der Waals surface area contributed by atoms with Crippen molar-refractivity contribution in [3.05, 3.63) is 51.9 Å². The molecule has 0 spiro atoms. The van der Waals surface area contributed by atoms with Gasteiger partial charge in [0.15, 0.2) is 0 Å². The van der Waals surface area contributed by atoms with Gasteiger partial charge in [-0.05, 0) is 29.7 Å². The number of rotatable bonds is 4. The van der Waals surface area contributed by atoms with Gasteiger partial charge in [-0.3, -0.25) is 9.59 Å². The number of nitrogens with one attached hydrogen (secondary N) is 2. The molecule has 0 unspecified atom stereocenters. The Balaban J connectivity index is 2.24. The number of methoxy groups -OCH3 is 1. The van der Waals surface area contributed by atoms with Gasteiger partial charge in [-0.1, -0.05) is 19.9 Å². The Hall–Kier alpha value is -2.63. The summed E-state index contributed by atoms with van der Waals surface area (Å²) < 4.78 is 5.30. The molecule has 1 aromatic heterocycles. The van der Waals surface area contributed by atoms with Crippen LogP contribution in [0.1, 0.15) is 35.8 Å². The first-order valence-electron chi connectivity index (χ1n) is 6.56. The van der Waals surface area contributed by atoms with E-state index in [4.69, 9.17) is 4.74 Å². The van der Waals surface area contributed by atoms with Crippen molar-refractivity contribution < 1.29 is 9.53 Å². The number of carbonyl (C=O) groups is 1. The normalized spacial score (nSPS) is 10.5. The molecule has 2 N–H and O–H groups in total. The van der Waals surface area contributed by atoms with E-state index in [0.29, 0.717) is 17.4 Å². The number of ether oxygens (including phenoxy) is 1. The molecule has 0 radical (unpaired) electrons. The molecular formula is C15H17N3O3. The van der Waals surface area contributed by atoms with E-state index in [2.05, 4.69) is 29.4 Å². The smallest absolute Gasteiger partial charge is 0.276 e. The Kier molecular flexibility index (Phi) is 4.37. The standard InChI is InChI=1S/C15H17N3O3/c1-9(2)10-4-5-11(13(8-10)21-3)16-15(20)12-6-7-14(19)18-17-12/h4-9H,1-3H3,(H,16,20)(H,18,19).